The summed E-state index contributed by atoms with van der Waals surface area (Å²) in [6.07, 6.45) is 5.43. The van der Waals surface area contributed by atoms with Gasteiger partial charge in [0.25, 0.3) is 0 Å². The van der Waals surface area contributed by atoms with E-state index in [2.05, 4.69) is 11.9 Å². The third-order valence-corrected chi connectivity index (χ3v) is 6.11. The van der Waals surface area contributed by atoms with Crippen LogP contribution in [-0.2, 0) is 4.74 Å². The SMILES string of the molecule is CN1CCC(O)(C2CCOC3(CCSCC3)C2)C1. The van der Waals surface area contributed by atoms with Crippen molar-refractivity contribution in [1.29, 1.82) is 0 Å². The fourth-order valence-electron chi connectivity index (χ4n) is 3.92. The highest BCUT2D eigenvalue weighted by atomic mass is 32.2. The molecule has 3 heterocycles. The van der Waals surface area contributed by atoms with E-state index in [1.165, 1.54) is 24.3 Å². The van der Waals surface area contributed by atoms with Crippen molar-refractivity contribution in [3.05, 3.63) is 0 Å². The minimum absolute atomic E-state index is 0.102. The number of thioether (sulfide) groups is 1. The number of likely N-dealkylation sites (tertiary alicyclic amines) is 1. The molecule has 0 aromatic heterocycles. The Morgan fingerprint density at radius 3 is 2.72 bits per heavy atom. The standard InChI is InChI=1S/C14H25NO2S/c1-15-6-3-14(16,11-15)12-2-7-17-13(10-12)4-8-18-9-5-13/h12,16H,2-11H2,1H3. The molecule has 18 heavy (non-hydrogen) atoms. The molecule has 0 amide bonds. The fourth-order valence-corrected chi connectivity index (χ4v) is 5.16. The molecule has 3 aliphatic heterocycles. The van der Waals surface area contributed by atoms with Crippen LogP contribution in [0.25, 0.3) is 0 Å². The average molecular weight is 271 g/mol. The Labute approximate surface area is 114 Å². The molecule has 0 aromatic carbocycles. The molecule has 2 unspecified atom stereocenters. The second kappa shape index (κ2) is 4.97. The number of hydrogen-bond acceptors (Lipinski definition) is 4. The summed E-state index contributed by atoms with van der Waals surface area (Å²) >= 11 is 2.04. The largest absolute Gasteiger partial charge is 0.388 e. The second-order valence-electron chi connectivity index (χ2n) is 6.42. The minimum atomic E-state index is -0.448. The molecular weight excluding hydrogens is 246 g/mol. The summed E-state index contributed by atoms with van der Waals surface area (Å²) < 4.78 is 6.13. The molecule has 3 rings (SSSR count). The van der Waals surface area contributed by atoms with Crippen molar-refractivity contribution in [3.63, 3.8) is 0 Å². The number of β-amino-alcohol motifs (C(OH)–C–C–N with tert-alkyl or cyclic N) is 1. The average Bonchev–Trinajstić information content (AvgIpc) is 2.72. The third-order valence-electron chi connectivity index (χ3n) is 5.13. The van der Waals surface area contributed by atoms with Gasteiger partial charge in [0.1, 0.15) is 0 Å². The van der Waals surface area contributed by atoms with E-state index in [0.717, 1.165) is 39.0 Å². The molecule has 0 bridgehead atoms. The minimum Gasteiger partial charge on any atom is -0.388 e. The summed E-state index contributed by atoms with van der Waals surface area (Å²) in [5.41, 5.74) is -0.346. The van der Waals surface area contributed by atoms with Gasteiger partial charge < -0.3 is 14.7 Å². The van der Waals surface area contributed by atoms with Crippen LogP contribution in [0.15, 0.2) is 0 Å². The third kappa shape index (κ3) is 2.45. The maximum absolute atomic E-state index is 10.9. The van der Waals surface area contributed by atoms with Gasteiger partial charge in [0.05, 0.1) is 11.2 Å². The molecule has 2 atom stereocenters. The number of ether oxygens (including phenoxy) is 1. The lowest BCUT2D eigenvalue weighted by molar-refractivity contribution is -0.142. The van der Waals surface area contributed by atoms with Crippen molar-refractivity contribution in [2.45, 2.75) is 43.3 Å². The van der Waals surface area contributed by atoms with Gasteiger partial charge in [-0.25, -0.2) is 0 Å². The molecule has 0 aliphatic carbocycles. The van der Waals surface area contributed by atoms with Gasteiger partial charge in [-0.15, -0.1) is 0 Å². The van der Waals surface area contributed by atoms with Crippen LogP contribution in [0.1, 0.15) is 32.1 Å². The highest BCUT2D eigenvalue weighted by molar-refractivity contribution is 7.99. The van der Waals surface area contributed by atoms with Crippen LogP contribution in [0, 0.1) is 5.92 Å². The van der Waals surface area contributed by atoms with Gasteiger partial charge in [-0.2, -0.15) is 11.8 Å². The summed E-state index contributed by atoms with van der Waals surface area (Å²) in [7, 11) is 2.12. The summed E-state index contributed by atoms with van der Waals surface area (Å²) in [4.78, 5) is 2.26. The number of hydrogen-bond donors (Lipinski definition) is 1. The van der Waals surface area contributed by atoms with E-state index < -0.39 is 5.60 Å². The number of likely N-dealkylation sites (N-methyl/N-ethyl adjacent to an activating group) is 1. The van der Waals surface area contributed by atoms with Gasteiger partial charge in [-0.1, -0.05) is 0 Å². The van der Waals surface area contributed by atoms with E-state index in [4.69, 9.17) is 4.74 Å². The zero-order valence-electron chi connectivity index (χ0n) is 11.4. The molecule has 0 aromatic rings. The van der Waals surface area contributed by atoms with Crippen LogP contribution in [0.5, 0.6) is 0 Å². The van der Waals surface area contributed by atoms with E-state index >= 15 is 0 Å². The molecule has 3 saturated heterocycles. The molecule has 104 valence electrons. The fraction of sp³-hybridized carbons (Fsp3) is 1.00. The quantitative estimate of drug-likeness (QED) is 0.787. The molecule has 3 aliphatic rings. The smallest absolute Gasteiger partial charge is 0.0816 e. The number of rotatable bonds is 1. The maximum atomic E-state index is 10.9. The maximum Gasteiger partial charge on any atom is 0.0816 e. The van der Waals surface area contributed by atoms with Crippen molar-refractivity contribution >= 4 is 11.8 Å². The molecular formula is C14H25NO2S. The first-order chi connectivity index (χ1) is 8.62. The second-order valence-corrected chi connectivity index (χ2v) is 7.65. The van der Waals surface area contributed by atoms with Gasteiger partial charge >= 0.3 is 0 Å². The molecule has 1 N–H and O–H groups in total. The molecule has 0 radical (unpaired) electrons. The predicted octanol–water partition coefficient (Wildman–Crippen LogP) is 1.75. The predicted molar refractivity (Wildman–Crippen MR) is 75.0 cm³/mol. The van der Waals surface area contributed by atoms with E-state index in [-0.39, 0.29) is 5.60 Å². The van der Waals surface area contributed by atoms with Gasteiger partial charge in [-0.05, 0) is 56.6 Å². The van der Waals surface area contributed by atoms with Gasteiger partial charge in [0.2, 0.25) is 0 Å². The highest BCUT2D eigenvalue weighted by Crippen LogP contribution is 2.45. The molecule has 3 fully saturated rings. The Morgan fingerprint density at radius 2 is 2.06 bits per heavy atom. The number of aliphatic hydroxyl groups is 1. The van der Waals surface area contributed by atoms with E-state index in [1.807, 2.05) is 11.8 Å². The van der Waals surface area contributed by atoms with Crippen LogP contribution in [0.2, 0.25) is 0 Å². The Hall–Kier alpha value is 0.230. The molecule has 0 saturated carbocycles. The topological polar surface area (TPSA) is 32.7 Å². The Morgan fingerprint density at radius 1 is 1.28 bits per heavy atom. The molecule has 3 nitrogen and oxygen atoms in total. The summed E-state index contributed by atoms with van der Waals surface area (Å²) in [6, 6.07) is 0. The zero-order chi connectivity index (χ0) is 12.6. The highest BCUT2D eigenvalue weighted by Gasteiger charge is 2.48. The monoisotopic (exact) mass is 271 g/mol. The first-order valence-electron chi connectivity index (χ1n) is 7.25. The molecule has 4 heteroatoms. The first-order valence-corrected chi connectivity index (χ1v) is 8.40. The van der Waals surface area contributed by atoms with Crippen molar-refractivity contribution < 1.29 is 9.84 Å². The normalized spacial score (nSPS) is 41.3. The van der Waals surface area contributed by atoms with Crippen LogP contribution in [0.3, 0.4) is 0 Å². The van der Waals surface area contributed by atoms with E-state index in [1.54, 1.807) is 0 Å². The van der Waals surface area contributed by atoms with Gasteiger partial charge in [-0.3, -0.25) is 0 Å². The van der Waals surface area contributed by atoms with Crippen molar-refractivity contribution in [1.82, 2.24) is 4.90 Å². The Bertz CT molecular complexity index is 301. The van der Waals surface area contributed by atoms with Crippen LogP contribution in [-0.4, -0.2) is 59.5 Å². The lowest BCUT2D eigenvalue weighted by Crippen LogP contribution is -2.50. The van der Waals surface area contributed by atoms with E-state index in [9.17, 15) is 5.11 Å². The van der Waals surface area contributed by atoms with Crippen molar-refractivity contribution in [3.8, 4) is 0 Å². The Balaban J connectivity index is 1.70. The van der Waals surface area contributed by atoms with Crippen LogP contribution in [0.4, 0.5) is 0 Å². The lowest BCUT2D eigenvalue weighted by Gasteiger charge is -2.47. The lowest BCUT2D eigenvalue weighted by atomic mass is 9.73. The summed E-state index contributed by atoms with van der Waals surface area (Å²) in [6.45, 7) is 2.74. The summed E-state index contributed by atoms with van der Waals surface area (Å²) in [5.74, 6) is 2.90. The van der Waals surface area contributed by atoms with Gasteiger partial charge in [0.15, 0.2) is 0 Å². The first kappa shape index (κ1) is 13.2. The molecule has 1 spiro atoms. The number of nitrogens with zero attached hydrogens (tertiary/aromatic N) is 1. The van der Waals surface area contributed by atoms with Crippen molar-refractivity contribution in [2.24, 2.45) is 5.92 Å². The zero-order valence-corrected chi connectivity index (χ0v) is 12.2. The van der Waals surface area contributed by atoms with Gasteiger partial charge in [0, 0.05) is 19.7 Å². The van der Waals surface area contributed by atoms with Crippen LogP contribution < -0.4 is 0 Å². The van der Waals surface area contributed by atoms with Crippen LogP contribution >= 0.6 is 11.8 Å². The Kier molecular flexibility index (Phi) is 3.65. The van der Waals surface area contributed by atoms with E-state index in [0.29, 0.717) is 5.92 Å². The van der Waals surface area contributed by atoms with Crippen molar-refractivity contribution in [2.75, 3.05) is 38.2 Å². The summed E-state index contributed by atoms with van der Waals surface area (Å²) in [5, 5.41) is 10.9.